The monoisotopic (exact) mass is 261 g/mol. The number of hydrogen-bond donors (Lipinski definition) is 1. The normalized spacial score (nSPS) is 14.2. The predicted molar refractivity (Wildman–Crippen MR) is 62.9 cm³/mol. The van der Waals surface area contributed by atoms with Crippen LogP contribution in [0.3, 0.4) is 0 Å². The van der Waals surface area contributed by atoms with E-state index in [1.54, 1.807) is 13.2 Å². The number of carbonyl (C=O) groups excluding carboxylic acids is 1. The molecule has 0 aliphatic carbocycles. The van der Waals surface area contributed by atoms with Crippen LogP contribution in [-0.2, 0) is 10.8 Å². The molecule has 1 rings (SSSR count). The first-order valence-electron chi connectivity index (χ1n) is 4.57. The molecule has 2 atom stereocenters. The number of halogens is 1. The van der Waals surface area contributed by atoms with E-state index in [0.717, 1.165) is 0 Å². The Kier molecular flexibility index (Phi) is 4.82. The van der Waals surface area contributed by atoms with Crippen molar-refractivity contribution in [3.63, 3.8) is 0 Å². The van der Waals surface area contributed by atoms with Crippen LogP contribution in [0.4, 0.5) is 0 Å². The van der Waals surface area contributed by atoms with Gasteiger partial charge in [-0.3, -0.25) is 14.0 Å². The summed E-state index contributed by atoms with van der Waals surface area (Å²) in [5.41, 5.74) is 0.154. The number of carbonyl (C=O) groups is 1. The summed E-state index contributed by atoms with van der Waals surface area (Å²) in [6.07, 6.45) is 4.27. The van der Waals surface area contributed by atoms with E-state index >= 15 is 0 Å². The fourth-order valence-electron chi connectivity index (χ4n) is 1.14. The van der Waals surface area contributed by atoms with E-state index in [4.69, 9.17) is 11.6 Å². The van der Waals surface area contributed by atoms with E-state index < -0.39 is 10.8 Å². The first-order chi connectivity index (χ1) is 7.49. The molecule has 5 nitrogen and oxygen atoms in total. The summed E-state index contributed by atoms with van der Waals surface area (Å²) in [5.74, 6) is 0.0349. The molecule has 0 saturated heterocycles. The number of hydrogen-bond acceptors (Lipinski definition) is 4. The molecule has 1 N–H and O–H groups in total. The third-order valence-electron chi connectivity index (χ3n) is 1.70. The van der Waals surface area contributed by atoms with Crippen molar-refractivity contribution in [3.05, 3.63) is 23.2 Å². The van der Waals surface area contributed by atoms with Crippen LogP contribution >= 0.6 is 11.6 Å². The van der Waals surface area contributed by atoms with Crippen LogP contribution in [0.5, 0.6) is 0 Å². The van der Waals surface area contributed by atoms with E-state index in [1.165, 1.54) is 12.4 Å². The van der Waals surface area contributed by atoms with Gasteiger partial charge in [-0.1, -0.05) is 11.6 Å². The second-order valence-corrected chi connectivity index (χ2v) is 5.21. The first kappa shape index (κ1) is 13.1. The van der Waals surface area contributed by atoms with Gasteiger partial charge in [-0.2, -0.15) is 0 Å². The number of nitrogens with one attached hydrogen (secondary N) is 1. The molecular weight excluding hydrogens is 250 g/mol. The molecule has 1 amide bonds. The van der Waals surface area contributed by atoms with E-state index in [1.807, 2.05) is 0 Å². The number of nitrogens with zero attached hydrogens (tertiary/aromatic N) is 2. The molecule has 1 heterocycles. The highest BCUT2D eigenvalue weighted by Crippen LogP contribution is 2.02. The Morgan fingerprint density at radius 1 is 1.62 bits per heavy atom. The van der Waals surface area contributed by atoms with Crippen molar-refractivity contribution >= 4 is 28.3 Å². The maximum atomic E-state index is 11.6. The van der Waals surface area contributed by atoms with Gasteiger partial charge in [0.25, 0.3) is 5.91 Å². The Labute approximate surface area is 101 Å². The highest BCUT2D eigenvalue weighted by molar-refractivity contribution is 7.84. The lowest BCUT2D eigenvalue weighted by atomic mass is 10.3. The highest BCUT2D eigenvalue weighted by Gasteiger charge is 2.12. The van der Waals surface area contributed by atoms with Crippen molar-refractivity contribution in [2.45, 2.75) is 13.0 Å². The van der Waals surface area contributed by atoms with Crippen LogP contribution < -0.4 is 5.32 Å². The van der Waals surface area contributed by atoms with Gasteiger partial charge < -0.3 is 5.32 Å². The fourth-order valence-corrected chi connectivity index (χ4v) is 2.08. The number of rotatable bonds is 4. The summed E-state index contributed by atoms with van der Waals surface area (Å²) in [5, 5.41) is 2.83. The molecular formula is C9H12ClN3O2S. The lowest BCUT2D eigenvalue weighted by Gasteiger charge is -2.11. The van der Waals surface area contributed by atoms with Crippen molar-refractivity contribution in [2.75, 3.05) is 12.0 Å². The molecule has 16 heavy (non-hydrogen) atoms. The maximum absolute atomic E-state index is 11.6. The van der Waals surface area contributed by atoms with Gasteiger partial charge in [0.05, 0.1) is 12.4 Å². The second-order valence-electron chi connectivity index (χ2n) is 3.34. The molecule has 0 saturated carbocycles. The molecule has 88 valence electrons. The van der Waals surface area contributed by atoms with Gasteiger partial charge in [0.15, 0.2) is 0 Å². The third kappa shape index (κ3) is 4.24. The Bertz CT molecular complexity index is 413. The van der Waals surface area contributed by atoms with E-state index in [0.29, 0.717) is 5.75 Å². The van der Waals surface area contributed by atoms with Crippen LogP contribution in [0.25, 0.3) is 0 Å². The Morgan fingerprint density at radius 3 is 2.88 bits per heavy atom. The molecule has 2 unspecified atom stereocenters. The van der Waals surface area contributed by atoms with Gasteiger partial charge in [-0.25, -0.2) is 4.98 Å². The Hall–Kier alpha value is -1.01. The zero-order valence-electron chi connectivity index (χ0n) is 8.94. The van der Waals surface area contributed by atoms with Gasteiger partial charge in [-0.05, 0) is 6.92 Å². The quantitative estimate of drug-likeness (QED) is 0.863. The van der Waals surface area contributed by atoms with E-state index in [9.17, 15) is 9.00 Å². The van der Waals surface area contributed by atoms with Gasteiger partial charge in [0.2, 0.25) is 0 Å². The van der Waals surface area contributed by atoms with Gasteiger partial charge >= 0.3 is 0 Å². The molecule has 1 aromatic heterocycles. The van der Waals surface area contributed by atoms with Crippen molar-refractivity contribution in [3.8, 4) is 0 Å². The highest BCUT2D eigenvalue weighted by atomic mass is 35.5. The predicted octanol–water partition coefficient (Wildman–Crippen LogP) is 0.627. The topological polar surface area (TPSA) is 72.0 Å². The molecule has 0 bridgehead atoms. The van der Waals surface area contributed by atoms with Gasteiger partial charge in [0, 0.05) is 28.9 Å². The van der Waals surface area contributed by atoms with Crippen LogP contribution in [0.1, 0.15) is 17.4 Å². The summed E-state index contributed by atoms with van der Waals surface area (Å²) in [6, 6.07) is -0.181. The van der Waals surface area contributed by atoms with Crippen molar-refractivity contribution in [2.24, 2.45) is 0 Å². The van der Waals surface area contributed by atoms with Crippen LogP contribution in [0.15, 0.2) is 12.4 Å². The van der Waals surface area contributed by atoms with E-state index in [2.05, 4.69) is 15.3 Å². The van der Waals surface area contributed by atoms with Crippen molar-refractivity contribution in [1.29, 1.82) is 0 Å². The SMILES string of the molecule is CC(CS(C)=O)NC(=O)c1cncc(Cl)n1. The van der Waals surface area contributed by atoms with Crippen LogP contribution in [0, 0.1) is 0 Å². The summed E-state index contributed by atoms with van der Waals surface area (Å²) < 4.78 is 10.9. The maximum Gasteiger partial charge on any atom is 0.271 e. The van der Waals surface area contributed by atoms with Crippen LogP contribution in [-0.4, -0.2) is 38.1 Å². The fraction of sp³-hybridized carbons (Fsp3) is 0.444. The lowest BCUT2D eigenvalue weighted by Crippen LogP contribution is -2.36. The number of amides is 1. The second kappa shape index (κ2) is 5.91. The minimum absolute atomic E-state index is 0.154. The standard InChI is InChI=1S/C9H12ClN3O2S/c1-6(5-16(2)15)12-9(14)7-3-11-4-8(10)13-7/h3-4,6H,5H2,1-2H3,(H,12,14). The zero-order valence-corrected chi connectivity index (χ0v) is 10.5. The summed E-state index contributed by atoms with van der Waals surface area (Å²) >= 11 is 5.61. The smallest absolute Gasteiger partial charge is 0.271 e. The molecule has 0 radical (unpaired) electrons. The average molecular weight is 262 g/mol. The van der Waals surface area contributed by atoms with Gasteiger partial charge in [0.1, 0.15) is 10.8 Å². The Morgan fingerprint density at radius 2 is 2.31 bits per heavy atom. The first-order valence-corrected chi connectivity index (χ1v) is 6.68. The van der Waals surface area contributed by atoms with Crippen LogP contribution in [0.2, 0.25) is 5.15 Å². The summed E-state index contributed by atoms with van der Waals surface area (Å²) in [7, 11) is -0.950. The minimum atomic E-state index is -0.950. The van der Waals surface area contributed by atoms with E-state index in [-0.39, 0.29) is 22.8 Å². The van der Waals surface area contributed by atoms with Gasteiger partial charge in [-0.15, -0.1) is 0 Å². The summed E-state index contributed by atoms with van der Waals surface area (Å²) in [4.78, 5) is 19.2. The largest absolute Gasteiger partial charge is 0.347 e. The van der Waals surface area contributed by atoms with Crippen molar-refractivity contribution in [1.82, 2.24) is 15.3 Å². The zero-order chi connectivity index (χ0) is 12.1. The molecule has 0 spiro atoms. The lowest BCUT2D eigenvalue weighted by molar-refractivity contribution is 0.0938. The molecule has 0 aromatic carbocycles. The Balaban J connectivity index is 2.62. The molecule has 0 aliphatic heterocycles. The minimum Gasteiger partial charge on any atom is -0.347 e. The molecule has 7 heteroatoms. The molecule has 0 aliphatic rings. The average Bonchev–Trinajstić information content (AvgIpc) is 2.16. The molecule has 0 fully saturated rings. The number of aromatic nitrogens is 2. The summed E-state index contributed by atoms with van der Waals surface area (Å²) in [6.45, 7) is 1.78. The third-order valence-corrected chi connectivity index (χ3v) is 2.85. The van der Waals surface area contributed by atoms with Crippen molar-refractivity contribution < 1.29 is 9.00 Å². The molecule has 1 aromatic rings.